The van der Waals surface area contributed by atoms with Crippen molar-refractivity contribution in [2.45, 2.75) is 25.6 Å². The van der Waals surface area contributed by atoms with Gasteiger partial charge >= 0.3 is 0 Å². The number of rotatable bonds is 5. The van der Waals surface area contributed by atoms with Gasteiger partial charge in [-0.2, -0.15) is 16.7 Å². The van der Waals surface area contributed by atoms with Crippen molar-refractivity contribution < 1.29 is 4.52 Å². The molecular weight excluding hydrogens is 532 g/mol. The summed E-state index contributed by atoms with van der Waals surface area (Å²) in [6, 6.07) is 18.1. The lowest BCUT2D eigenvalue weighted by Crippen LogP contribution is -2.30. The van der Waals surface area contributed by atoms with Gasteiger partial charge in [0.15, 0.2) is 0 Å². The number of benzene rings is 2. The zero-order valence-corrected chi connectivity index (χ0v) is 24.0. The third-order valence-corrected chi connectivity index (χ3v) is 8.45. The smallest absolute Gasteiger partial charge is 0.268 e. The largest absolute Gasteiger partial charge is 0.361 e. The topological polar surface area (TPSA) is 89.1 Å². The summed E-state index contributed by atoms with van der Waals surface area (Å²) < 4.78 is 6.87. The van der Waals surface area contributed by atoms with Gasteiger partial charge in [0.25, 0.3) is 5.56 Å². The molecule has 5 aromatic rings. The molecule has 206 valence electrons. The molecule has 1 unspecified atom stereocenters. The third kappa shape index (κ3) is 6.04. The van der Waals surface area contributed by atoms with E-state index >= 15 is 0 Å². The molecule has 0 bridgehead atoms. The number of thioether (sulfide) groups is 1. The van der Waals surface area contributed by atoms with Crippen LogP contribution < -0.4 is 10.9 Å². The van der Waals surface area contributed by atoms with Gasteiger partial charge in [-0.3, -0.25) is 9.36 Å². The van der Waals surface area contributed by atoms with Gasteiger partial charge in [0.05, 0.1) is 18.3 Å². The summed E-state index contributed by atoms with van der Waals surface area (Å²) in [5.74, 6) is 8.38. The fourth-order valence-electron chi connectivity index (χ4n) is 4.76. The Balaban J connectivity index is 1.34. The number of hydrogen-bond donors (Lipinski definition) is 1. The van der Waals surface area contributed by atoms with Crippen molar-refractivity contribution >= 4 is 34.4 Å². The number of hydrogen-bond acceptors (Lipinski definition) is 8. The van der Waals surface area contributed by atoms with Crippen molar-refractivity contribution in [2.75, 3.05) is 31.2 Å². The maximum Gasteiger partial charge on any atom is 0.268 e. The van der Waals surface area contributed by atoms with Gasteiger partial charge < -0.3 is 14.7 Å². The zero-order valence-electron chi connectivity index (χ0n) is 23.2. The second-order valence-electron chi connectivity index (χ2n) is 10.3. The summed E-state index contributed by atoms with van der Waals surface area (Å²) in [4.78, 5) is 25.4. The van der Waals surface area contributed by atoms with Crippen LogP contribution in [0.15, 0.2) is 76.3 Å². The minimum atomic E-state index is -0.235. The molecule has 1 N–H and O–H groups in total. The normalized spacial score (nSPS) is 15.4. The number of likely N-dealkylation sites (N-methyl/N-ethyl adjacent to an activating group) is 1. The molecule has 41 heavy (non-hydrogen) atoms. The molecular formula is C32H30N6O2S. The SMILES string of the molecule is Cc1ccc(C#Cc2cc3cnc(Nc4ccc(C5CN(C)CCS5)cc4)nc3n(Cc3cnoc3C)c2=O)cc1. The minimum Gasteiger partial charge on any atom is -0.361 e. The standard InChI is InChI=1S/C32H30N6O2S/c1-21-4-6-23(7-5-21)8-9-25-16-26-17-33-32(36-30(26)38(31(25)39)19-27-18-34-40-22(27)2)35-28-12-10-24(11-13-28)29-20-37(3)14-15-41-29/h4-7,10-13,16-18,29H,14-15,19-20H2,1-3H3,(H,33,35,36). The lowest BCUT2D eigenvalue weighted by atomic mass is 10.1. The Morgan fingerprint density at radius 2 is 1.88 bits per heavy atom. The second kappa shape index (κ2) is 11.6. The van der Waals surface area contributed by atoms with Crippen LogP contribution >= 0.6 is 11.8 Å². The summed E-state index contributed by atoms with van der Waals surface area (Å²) >= 11 is 2.00. The first-order valence-corrected chi connectivity index (χ1v) is 14.5. The zero-order chi connectivity index (χ0) is 28.3. The molecule has 0 spiro atoms. The second-order valence-corrected chi connectivity index (χ2v) is 11.6. The maximum atomic E-state index is 13.7. The van der Waals surface area contributed by atoms with Crippen LogP contribution in [0.1, 0.15) is 38.8 Å². The first-order valence-electron chi connectivity index (χ1n) is 13.5. The van der Waals surface area contributed by atoms with E-state index in [2.05, 4.69) is 63.5 Å². The molecule has 0 aliphatic carbocycles. The quantitative estimate of drug-likeness (QED) is 0.289. The summed E-state index contributed by atoms with van der Waals surface area (Å²) in [5.41, 5.74) is 5.63. The van der Waals surface area contributed by atoms with Crippen LogP contribution in [-0.4, -0.2) is 50.5 Å². The maximum absolute atomic E-state index is 13.7. The molecule has 0 radical (unpaired) electrons. The number of nitrogens with zero attached hydrogens (tertiary/aromatic N) is 5. The fourth-order valence-corrected chi connectivity index (χ4v) is 6.17. The van der Waals surface area contributed by atoms with Crippen LogP contribution in [0.4, 0.5) is 11.6 Å². The predicted octanol–water partition coefficient (Wildman–Crippen LogP) is 5.31. The van der Waals surface area contributed by atoms with Crippen molar-refractivity contribution in [3.63, 3.8) is 0 Å². The summed E-state index contributed by atoms with van der Waals surface area (Å²) in [6.07, 6.45) is 3.35. The van der Waals surface area contributed by atoms with Crippen LogP contribution in [0, 0.1) is 25.7 Å². The molecule has 0 saturated carbocycles. The van der Waals surface area contributed by atoms with E-state index in [-0.39, 0.29) is 12.1 Å². The lowest BCUT2D eigenvalue weighted by Gasteiger charge is -2.29. The van der Waals surface area contributed by atoms with Crippen LogP contribution in [0.3, 0.4) is 0 Å². The fraction of sp³-hybridized carbons (Fsp3) is 0.250. The van der Waals surface area contributed by atoms with E-state index in [1.165, 1.54) is 5.56 Å². The minimum absolute atomic E-state index is 0.235. The third-order valence-electron chi connectivity index (χ3n) is 7.21. The Hall–Kier alpha value is -4.39. The Bertz CT molecular complexity index is 1820. The first-order chi connectivity index (χ1) is 19.9. The summed E-state index contributed by atoms with van der Waals surface area (Å²) in [7, 11) is 2.17. The Morgan fingerprint density at radius 1 is 1.07 bits per heavy atom. The van der Waals surface area contributed by atoms with Gasteiger partial charge in [0.1, 0.15) is 11.4 Å². The Kier molecular flexibility index (Phi) is 7.59. The highest BCUT2D eigenvalue weighted by Gasteiger charge is 2.19. The van der Waals surface area contributed by atoms with Gasteiger partial charge in [-0.05, 0) is 56.8 Å². The van der Waals surface area contributed by atoms with Gasteiger partial charge in [0, 0.05) is 52.5 Å². The number of fused-ring (bicyclic) bond motifs is 1. The molecule has 1 fully saturated rings. The predicted molar refractivity (Wildman–Crippen MR) is 164 cm³/mol. The molecule has 4 heterocycles. The first kappa shape index (κ1) is 26.8. The molecule has 6 rings (SSSR count). The molecule has 1 aliphatic heterocycles. The molecule has 1 aliphatic rings. The summed E-state index contributed by atoms with van der Waals surface area (Å²) in [5, 5.41) is 8.37. The number of pyridine rings is 1. The lowest BCUT2D eigenvalue weighted by molar-refractivity contribution is 0.347. The van der Waals surface area contributed by atoms with Gasteiger partial charge in [-0.1, -0.05) is 46.8 Å². The monoisotopic (exact) mass is 562 g/mol. The summed E-state index contributed by atoms with van der Waals surface area (Å²) in [6.45, 7) is 6.28. The number of anilines is 2. The highest BCUT2D eigenvalue weighted by Crippen LogP contribution is 2.33. The number of aryl methyl sites for hydroxylation is 2. The van der Waals surface area contributed by atoms with E-state index in [1.807, 2.05) is 49.9 Å². The van der Waals surface area contributed by atoms with E-state index < -0.39 is 0 Å². The van der Waals surface area contributed by atoms with Crippen LogP contribution in [-0.2, 0) is 6.54 Å². The Morgan fingerprint density at radius 3 is 2.61 bits per heavy atom. The highest BCUT2D eigenvalue weighted by atomic mass is 32.2. The molecule has 9 heteroatoms. The van der Waals surface area contributed by atoms with Crippen molar-refractivity contribution in [2.24, 2.45) is 0 Å². The molecule has 3 aromatic heterocycles. The van der Waals surface area contributed by atoms with Gasteiger partial charge in [-0.25, -0.2) is 4.98 Å². The molecule has 8 nitrogen and oxygen atoms in total. The van der Waals surface area contributed by atoms with Crippen molar-refractivity contribution in [3.05, 3.63) is 111 Å². The molecule has 1 atom stereocenters. The van der Waals surface area contributed by atoms with Crippen LogP contribution in [0.25, 0.3) is 11.0 Å². The molecule has 2 aromatic carbocycles. The van der Waals surface area contributed by atoms with Crippen molar-refractivity contribution in [1.29, 1.82) is 0 Å². The van der Waals surface area contributed by atoms with Gasteiger partial charge in [0.2, 0.25) is 5.95 Å². The van der Waals surface area contributed by atoms with E-state index in [1.54, 1.807) is 23.0 Å². The number of nitrogens with one attached hydrogen (secondary N) is 1. The van der Waals surface area contributed by atoms with E-state index in [0.717, 1.165) is 41.2 Å². The average molecular weight is 563 g/mol. The van der Waals surface area contributed by atoms with E-state index in [0.29, 0.717) is 33.6 Å². The van der Waals surface area contributed by atoms with Crippen molar-refractivity contribution in [1.82, 2.24) is 24.6 Å². The van der Waals surface area contributed by atoms with E-state index in [4.69, 9.17) is 9.51 Å². The van der Waals surface area contributed by atoms with Crippen molar-refractivity contribution in [3.8, 4) is 11.8 Å². The molecule has 0 amide bonds. The highest BCUT2D eigenvalue weighted by molar-refractivity contribution is 7.99. The van der Waals surface area contributed by atoms with Gasteiger partial charge in [-0.15, -0.1) is 0 Å². The van der Waals surface area contributed by atoms with Crippen LogP contribution in [0.5, 0.6) is 0 Å². The van der Waals surface area contributed by atoms with E-state index in [9.17, 15) is 4.79 Å². The van der Waals surface area contributed by atoms with Crippen LogP contribution in [0.2, 0.25) is 0 Å². The number of aromatic nitrogens is 4. The Labute approximate surface area is 242 Å². The average Bonchev–Trinajstić information content (AvgIpc) is 3.39. The molecule has 1 saturated heterocycles.